The molecule has 25 heavy (non-hydrogen) atoms. The fraction of sp³-hybridized carbons (Fsp3) is 0.316. The number of nitrogens with one attached hydrogen (secondary N) is 1. The van der Waals surface area contributed by atoms with Crippen molar-refractivity contribution in [2.45, 2.75) is 20.4 Å². The second-order valence-electron chi connectivity index (χ2n) is 5.14. The summed E-state index contributed by atoms with van der Waals surface area (Å²) in [5, 5.41) is 3.33. The van der Waals surface area contributed by atoms with Crippen LogP contribution < -0.4 is 14.8 Å². The summed E-state index contributed by atoms with van der Waals surface area (Å²) in [5.74, 6) is 1.10. The third-order valence-electron chi connectivity index (χ3n) is 3.54. The molecule has 0 radical (unpaired) electrons. The lowest BCUT2D eigenvalue weighted by atomic mass is 10.1. The number of halogens is 1. The Labute approximate surface area is 156 Å². The van der Waals surface area contributed by atoms with Gasteiger partial charge < -0.3 is 19.5 Å². The second kappa shape index (κ2) is 9.32. The van der Waals surface area contributed by atoms with E-state index in [1.165, 1.54) is 0 Å². The minimum atomic E-state index is -0.316. The summed E-state index contributed by atoms with van der Waals surface area (Å²) in [5.41, 5.74) is 2.39. The Morgan fingerprint density at radius 2 is 1.80 bits per heavy atom. The van der Waals surface area contributed by atoms with Gasteiger partial charge in [0.15, 0.2) is 11.5 Å². The van der Waals surface area contributed by atoms with Crippen LogP contribution in [0.4, 0.5) is 5.69 Å². The molecule has 0 amide bonds. The van der Waals surface area contributed by atoms with Crippen molar-refractivity contribution in [2.75, 3.05) is 25.6 Å². The van der Waals surface area contributed by atoms with Gasteiger partial charge in [-0.1, -0.05) is 15.9 Å². The Hall–Kier alpha value is -2.21. The minimum Gasteiger partial charge on any atom is -0.493 e. The molecule has 2 aromatic rings. The molecule has 2 rings (SSSR count). The van der Waals surface area contributed by atoms with Gasteiger partial charge in [-0.05, 0) is 50.2 Å². The average molecular weight is 408 g/mol. The van der Waals surface area contributed by atoms with Gasteiger partial charge in [-0.15, -0.1) is 0 Å². The minimum absolute atomic E-state index is 0.316. The van der Waals surface area contributed by atoms with Crippen molar-refractivity contribution in [3.05, 3.63) is 52.0 Å². The van der Waals surface area contributed by atoms with Gasteiger partial charge in [-0.25, -0.2) is 4.79 Å². The Kier molecular flexibility index (Phi) is 7.13. The molecule has 0 bridgehead atoms. The van der Waals surface area contributed by atoms with Crippen LogP contribution in [-0.4, -0.2) is 26.3 Å². The highest BCUT2D eigenvalue weighted by Gasteiger charge is 2.14. The van der Waals surface area contributed by atoms with Crippen molar-refractivity contribution >= 4 is 27.6 Å². The molecule has 0 saturated heterocycles. The molecule has 5 nitrogen and oxygen atoms in total. The summed E-state index contributed by atoms with van der Waals surface area (Å²) in [6.07, 6.45) is 0. The summed E-state index contributed by atoms with van der Waals surface area (Å²) < 4.78 is 17.1. The Balaban J connectivity index is 2.14. The van der Waals surface area contributed by atoms with Crippen LogP contribution >= 0.6 is 15.9 Å². The molecular weight excluding hydrogens is 386 g/mol. The fourth-order valence-electron chi connectivity index (χ4n) is 2.34. The van der Waals surface area contributed by atoms with Crippen LogP contribution in [-0.2, 0) is 11.3 Å². The molecule has 0 saturated carbocycles. The van der Waals surface area contributed by atoms with Crippen molar-refractivity contribution in [2.24, 2.45) is 0 Å². The maximum Gasteiger partial charge on any atom is 0.338 e. The summed E-state index contributed by atoms with van der Waals surface area (Å²) >= 11 is 3.57. The van der Waals surface area contributed by atoms with Gasteiger partial charge in [0.1, 0.15) is 0 Å². The summed E-state index contributed by atoms with van der Waals surface area (Å²) in [7, 11) is 1.62. The molecule has 0 aliphatic rings. The number of carbonyl (C=O) groups is 1. The van der Waals surface area contributed by atoms with E-state index in [9.17, 15) is 4.79 Å². The van der Waals surface area contributed by atoms with E-state index in [1.807, 2.05) is 31.2 Å². The average Bonchev–Trinajstić information content (AvgIpc) is 2.62. The molecule has 0 aliphatic heterocycles. The van der Waals surface area contributed by atoms with Gasteiger partial charge in [-0.2, -0.15) is 0 Å². The summed E-state index contributed by atoms with van der Waals surface area (Å²) in [4.78, 5) is 11.7. The smallest absolute Gasteiger partial charge is 0.338 e. The summed E-state index contributed by atoms with van der Waals surface area (Å²) in [6, 6.07) is 11.0. The molecule has 0 heterocycles. The predicted octanol–water partition coefficient (Wildman–Crippen LogP) is 4.65. The lowest BCUT2D eigenvalue weighted by Gasteiger charge is -2.17. The van der Waals surface area contributed by atoms with E-state index in [0.29, 0.717) is 31.1 Å². The zero-order valence-electron chi connectivity index (χ0n) is 14.6. The Bertz CT molecular complexity index is 716. The number of carbonyl (C=O) groups excluding carboxylic acids is 1. The van der Waals surface area contributed by atoms with Gasteiger partial charge in [0.2, 0.25) is 0 Å². The number of hydrogen-bond donors (Lipinski definition) is 1. The van der Waals surface area contributed by atoms with E-state index >= 15 is 0 Å². The molecule has 2 aromatic carbocycles. The van der Waals surface area contributed by atoms with Crippen LogP contribution in [0.2, 0.25) is 0 Å². The number of benzene rings is 2. The normalized spacial score (nSPS) is 10.2. The van der Waals surface area contributed by atoms with Crippen LogP contribution in [0, 0.1) is 0 Å². The van der Waals surface area contributed by atoms with E-state index < -0.39 is 0 Å². The first kappa shape index (κ1) is 19.1. The zero-order chi connectivity index (χ0) is 18.2. The van der Waals surface area contributed by atoms with Crippen molar-refractivity contribution in [1.29, 1.82) is 0 Å². The number of ether oxygens (including phenoxy) is 3. The van der Waals surface area contributed by atoms with Gasteiger partial charge in [0, 0.05) is 22.3 Å². The first-order valence-electron chi connectivity index (χ1n) is 8.09. The molecule has 6 heteroatoms. The SMILES string of the molecule is CCOC(=O)c1ccc(NCc2c(Br)ccc(OC)c2OCC)cc1. The molecule has 1 N–H and O–H groups in total. The molecule has 0 atom stereocenters. The molecule has 0 unspecified atom stereocenters. The standard InChI is InChI=1S/C19H22BrNO4/c1-4-24-18-15(16(20)10-11-17(18)23-3)12-21-14-8-6-13(7-9-14)19(22)25-5-2/h6-11,21H,4-5,12H2,1-3H3. The largest absolute Gasteiger partial charge is 0.493 e. The van der Waals surface area contributed by atoms with Gasteiger partial charge in [0.05, 0.1) is 25.9 Å². The molecule has 134 valence electrons. The molecule has 0 aliphatic carbocycles. The summed E-state index contributed by atoms with van der Waals surface area (Å²) in [6.45, 7) is 5.18. The molecule has 0 aromatic heterocycles. The third-order valence-corrected chi connectivity index (χ3v) is 4.28. The van der Waals surface area contributed by atoms with Crippen molar-refractivity contribution in [3.8, 4) is 11.5 Å². The van der Waals surface area contributed by atoms with E-state index in [0.717, 1.165) is 21.5 Å². The number of rotatable bonds is 8. The molecule has 0 fully saturated rings. The van der Waals surface area contributed by atoms with Crippen LogP contribution in [0.25, 0.3) is 0 Å². The highest BCUT2D eigenvalue weighted by molar-refractivity contribution is 9.10. The number of methoxy groups -OCH3 is 1. The topological polar surface area (TPSA) is 56.8 Å². The van der Waals surface area contributed by atoms with E-state index in [-0.39, 0.29) is 5.97 Å². The van der Waals surface area contributed by atoms with Crippen molar-refractivity contribution in [1.82, 2.24) is 0 Å². The van der Waals surface area contributed by atoms with Crippen molar-refractivity contribution < 1.29 is 19.0 Å². The molecule has 0 spiro atoms. The first-order chi connectivity index (χ1) is 12.1. The number of hydrogen-bond acceptors (Lipinski definition) is 5. The van der Waals surface area contributed by atoms with E-state index in [2.05, 4.69) is 21.2 Å². The highest BCUT2D eigenvalue weighted by atomic mass is 79.9. The Morgan fingerprint density at radius 1 is 1.08 bits per heavy atom. The van der Waals surface area contributed by atoms with Crippen LogP contribution in [0.1, 0.15) is 29.8 Å². The van der Waals surface area contributed by atoms with Crippen LogP contribution in [0.15, 0.2) is 40.9 Å². The lowest BCUT2D eigenvalue weighted by molar-refractivity contribution is 0.0526. The molecular formula is C19H22BrNO4. The van der Waals surface area contributed by atoms with Crippen LogP contribution in [0.5, 0.6) is 11.5 Å². The number of anilines is 1. The zero-order valence-corrected chi connectivity index (χ0v) is 16.2. The highest BCUT2D eigenvalue weighted by Crippen LogP contribution is 2.36. The predicted molar refractivity (Wildman–Crippen MR) is 102 cm³/mol. The third kappa shape index (κ3) is 4.89. The van der Waals surface area contributed by atoms with Gasteiger partial charge >= 0.3 is 5.97 Å². The second-order valence-corrected chi connectivity index (χ2v) is 6.00. The van der Waals surface area contributed by atoms with E-state index in [4.69, 9.17) is 14.2 Å². The lowest BCUT2D eigenvalue weighted by Crippen LogP contribution is -2.07. The maximum atomic E-state index is 11.7. The maximum absolute atomic E-state index is 11.7. The Morgan fingerprint density at radius 3 is 2.40 bits per heavy atom. The van der Waals surface area contributed by atoms with Gasteiger partial charge in [-0.3, -0.25) is 0 Å². The van der Waals surface area contributed by atoms with Gasteiger partial charge in [0.25, 0.3) is 0 Å². The first-order valence-corrected chi connectivity index (χ1v) is 8.89. The van der Waals surface area contributed by atoms with Crippen molar-refractivity contribution in [3.63, 3.8) is 0 Å². The fourth-order valence-corrected chi connectivity index (χ4v) is 2.79. The monoisotopic (exact) mass is 407 g/mol. The van der Waals surface area contributed by atoms with E-state index in [1.54, 1.807) is 26.2 Å². The number of esters is 1. The quantitative estimate of drug-likeness (QED) is 0.645. The van der Waals surface area contributed by atoms with Crippen LogP contribution in [0.3, 0.4) is 0 Å².